The first-order valence-corrected chi connectivity index (χ1v) is 8.13. The highest BCUT2D eigenvalue weighted by atomic mass is 16.6. The van der Waals surface area contributed by atoms with E-state index in [1.807, 2.05) is 25.1 Å². The maximum atomic E-state index is 11.4. The van der Waals surface area contributed by atoms with Crippen LogP contribution in [-0.2, 0) is 17.8 Å². The quantitative estimate of drug-likeness (QED) is 0.619. The van der Waals surface area contributed by atoms with Crippen molar-refractivity contribution in [1.82, 2.24) is 0 Å². The van der Waals surface area contributed by atoms with Gasteiger partial charge in [-0.05, 0) is 43.2 Å². The van der Waals surface area contributed by atoms with Crippen molar-refractivity contribution in [3.63, 3.8) is 0 Å². The number of carbonyl (C=O) groups excluding carboxylic acids is 1. The van der Waals surface area contributed by atoms with Gasteiger partial charge in [0.1, 0.15) is 5.75 Å². The van der Waals surface area contributed by atoms with Gasteiger partial charge in [0.05, 0.1) is 11.5 Å². The number of anilines is 2. The van der Waals surface area contributed by atoms with Crippen molar-refractivity contribution in [2.24, 2.45) is 0 Å². The Balaban J connectivity index is 1.77. The topological polar surface area (TPSA) is 93.5 Å². The van der Waals surface area contributed by atoms with Crippen LogP contribution < -0.4 is 15.4 Å². The molecule has 0 aromatic heterocycles. The molecule has 0 fully saturated rings. The first-order valence-electron chi connectivity index (χ1n) is 8.13. The molecular formula is C18H19N3O4. The van der Waals surface area contributed by atoms with Gasteiger partial charge in [0.25, 0.3) is 5.69 Å². The van der Waals surface area contributed by atoms with Crippen molar-refractivity contribution in [3.05, 3.63) is 57.6 Å². The molecule has 7 nitrogen and oxygen atoms in total. The second-order valence-electron chi connectivity index (χ2n) is 5.76. The predicted octanol–water partition coefficient (Wildman–Crippen LogP) is 3.49. The van der Waals surface area contributed by atoms with Gasteiger partial charge in [0.2, 0.25) is 5.91 Å². The first kappa shape index (κ1) is 16.8. The Morgan fingerprint density at radius 3 is 2.84 bits per heavy atom. The van der Waals surface area contributed by atoms with Crippen LogP contribution in [0.15, 0.2) is 36.4 Å². The summed E-state index contributed by atoms with van der Waals surface area (Å²) in [5.41, 5.74) is 3.57. The summed E-state index contributed by atoms with van der Waals surface area (Å²) in [7, 11) is 0. The van der Waals surface area contributed by atoms with E-state index in [2.05, 4.69) is 10.6 Å². The van der Waals surface area contributed by atoms with Gasteiger partial charge in [-0.1, -0.05) is 0 Å². The molecule has 0 spiro atoms. The number of non-ortho nitro benzene ring substituents is 1. The third-order valence-electron chi connectivity index (χ3n) is 4.04. The van der Waals surface area contributed by atoms with Crippen LogP contribution in [0.4, 0.5) is 17.1 Å². The van der Waals surface area contributed by atoms with Crippen LogP contribution in [0.1, 0.15) is 24.5 Å². The molecule has 0 atom stereocenters. The van der Waals surface area contributed by atoms with E-state index in [0.717, 1.165) is 22.5 Å². The van der Waals surface area contributed by atoms with E-state index in [0.29, 0.717) is 31.7 Å². The molecule has 3 rings (SSSR count). The maximum Gasteiger partial charge on any atom is 0.270 e. The molecular weight excluding hydrogens is 322 g/mol. The van der Waals surface area contributed by atoms with Crippen molar-refractivity contribution in [3.8, 4) is 5.75 Å². The summed E-state index contributed by atoms with van der Waals surface area (Å²) in [6.07, 6.45) is 1.19. The molecule has 0 radical (unpaired) electrons. The van der Waals surface area contributed by atoms with Gasteiger partial charge >= 0.3 is 0 Å². The lowest BCUT2D eigenvalue weighted by Crippen LogP contribution is -2.19. The van der Waals surface area contributed by atoms with Gasteiger partial charge in [-0.25, -0.2) is 0 Å². The predicted molar refractivity (Wildman–Crippen MR) is 95.0 cm³/mol. The highest BCUT2D eigenvalue weighted by Crippen LogP contribution is 2.28. The molecule has 1 heterocycles. The summed E-state index contributed by atoms with van der Waals surface area (Å²) in [6, 6.07) is 10.3. The van der Waals surface area contributed by atoms with E-state index in [1.54, 1.807) is 6.07 Å². The minimum absolute atomic E-state index is 0.0335. The Bertz CT molecular complexity index is 820. The van der Waals surface area contributed by atoms with Crippen molar-refractivity contribution in [1.29, 1.82) is 0 Å². The van der Waals surface area contributed by atoms with E-state index in [9.17, 15) is 14.9 Å². The third kappa shape index (κ3) is 3.88. The molecule has 7 heteroatoms. The molecule has 0 unspecified atom stereocenters. The van der Waals surface area contributed by atoms with Crippen molar-refractivity contribution in [2.45, 2.75) is 26.3 Å². The van der Waals surface area contributed by atoms with Crippen molar-refractivity contribution >= 4 is 23.0 Å². The highest BCUT2D eigenvalue weighted by molar-refractivity contribution is 5.94. The number of carbonyl (C=O) groups is 1. The van der Waals surface area contributed by atoms with E-state index >= 15 is 0 Å². The maximum absolute atomic E-state index is 11.4. The van der Waals surface area contributed by atoms with Gasteiger partial charge in [-0.3, -0.25) is 14.9 Å². The average Bonchev–Trinajstić information content (AvgIpc) is 2.60. The van der Waals surface area contributed by atoms with Crippen LogP contribution in [0.5, 0.6) is 5.75 Å². The highest BCUT2D eigenvalue weighted by Gasteiger charge is 2.15. The Kier molecular flexibility index (Phi) is 4.83. The second-order valence-corrected chi connectivity index (χ2v) is 5.76. The molecule has 0 bridgehead atoms. The number of aryl methyl sites for hydroxylation is 1. The van der Waals surface area contributed by atoms with E-state index in [4.69, 9.17) is 4.74 Å². The van der Waals surface area contributed by atoms with Crippen molar-refractivity contribution < 1.29 is 14.5 Å². The fourth-order valence-electron chi connectivity index (χ4n) is 2.80. The zero-order chi connectivity index (χ0) is 17.8. The van der Waals surface area contributed by atoms with Crippen LogP contribution in [0.2, 0.25) is 0 Å². The lowest BCUT2D eigenvalue weighted by Gasteiger charge is -2.18. The number of ether oxygens (including phenoxy) is 1. The second kappa shape index (κ2) is 7.21. The number of rotatable bonds is 6. The molecule has 130 valence electrons. The number of nitrogens with one attached hydrogen (secondary N) is 2. The molecule has 25 heavy (non-hydrogen) atoms. The number of amides is 1. The van der Waals surface area contributed by atoms with Gasteiger partial charge < -0.3 is 15.4 Å². The minimum Gasteiger partial charge on any atom is -0.494 e. The normalized spacial score (nSPS) is 12.9. The van der Waals surface area contributed by atoms with Crippen molar-refractivity contribution in [2.75, 3.05) is 17.2 Å². The van der Waals surface area contributed by atoms with Gasteiger partial charge in [-0.2, -0.15) is 0 Å². The van der Waals surface area contributed by atoms with Crippen LogP contribution in [-0.4, -0.2) is 17.4 Å². The summed E-state index contributed by atoms with van der Waals surface area (Å²) in [5.74, 6) is 0.664. The number of nitro benzene ring substituents is 1. The Morgan fingerprint density at radius 2 is 2.08 bits per heavy atom. The third-order valence-corrected chi connectivity index (χ3v) is 4.04. The van der Waals surface area contributed by atoms with E-state index in [1.165, 1.54) is 12.1 Å². The number of benzene rings is 2. The number of hydrogen-bond acceptors (Lipinski definition) is 5. The van der Waals surface area contributed by atoms with Crippen LogP contribution in [0.3, 0.4) is 0 Å². The zero-order valence-electron chi connectivity index (χ0n) is 13.9. The smallest absolute Gasteiger partial charge is 0.270 e. The standard InChI is InChI=1S/C18H19N3O4/c1-2-25-17-7-5-15(21(23)24)10-13(17)11-19-14-4-6-16-12(9-14)3-8-18(22)20-16/h4-7,9-10,19H,2-3,8,11H2,1H3,(H,20,22). The Labute approximate surface area is 145 Å². The molecule has 1 aliphatic heterocycles. The van der Waals surface area contributed by atoms with E-state index < -0.39 is 4.92 Å². The summed E-state index contributed by atoms with van der Waals surface area (Å²) in [6.45, 7) is 2.77. The monoisotopic (exact) mass is 341 g/mol. The SMILES string of the molecule is CCOc1ccc([N+](=O)[O-])cc1CNc1ccc2c(c1)CCC(=O)N2. The van der Waals surface area contributed by atoms with Crippen LogP contribution in [0, 0.1) is 10.1 Å². The molecule has 2 N–H and O–H groups in total. The zero-order valence-corrected chi connectivity index (χ0v) is 13.9. The largest absolute Gasteiger partial charge is 0.494 e. The molecule has 1 aliphatic rings. The lowest BCUT2D eigenvalue weighted by atomic mass is 10.0. The summed E-state index contributed by atoms with van der Waals surface area (Å²) in [4.78, 5) is 22.0. The Morgan fingerprint density at radius 1 is 1.24 bits per heavy atom. The number of nitro groups is 1. The van der Waals surface area contributed by atoms with E-state index in [-0.39, 0.29) is 11.6 Å². The average molecular weight is 341 g/mol. The van der Waals surface area contributed by atoms with Crippen LogP contribution >= 0.6 is 0 Å². The van der Waals surface area contributed by atoms with Crippen LogP contribution in [0.25, 0.3) is 0 Å². The summed E-state index contributed by atoms with van der Waals surface area (Å²) in [5, 5.41) is 17.1. The number of hydrogen-bond donors (Lipinski definition) is 2. The van der Waals surface area contributed by atoms with Gasteiger partial charge in [-0.15, -0.1) is 0 Å². The molecule has 0 saturated carbocycles. The molecule has 1 amide bonds. The van der Waals surface area contributed by atoms with Gasteiger partial charge in [0.15, 0.2) is 0 Å². The molecule has 2 aromatic carbocycles. The van der Waals surface area contributed by atoms with Gasteiger partial charge in [0, 0.05) is 42.0 Å². The number of nitrogens with zero attached hydrogens (tertiary/aromatic N) is 1. The fraction of sp³-hybridized carbons (Fsp3) is 0.278. The molecule has 2 aromatic rings. The first-order chi connectivity index (χ1) is 12.1. The Hall–Kier alpha value is -3.09. The molecule has 0 saturated heterocycles. The summed E-state index contributed by atoms with van der Waals surface area (Å²) >= 11 is 0. The fourth-order valence-corrected chi connectivity index (χ4v) is 2.80. The minimum atomic E-state index is -0.416. The summed E-state index contributed by atoms with van der Waals surface area (Å²) < 4.78 is 5.55. The number of fused-ring (bicyclic) bond motifs is 1. The lowest BCUT2D eigenvalue weighted by molar-refractivity contribution is -0.384. The molecule has 0 aliphatic carbocycles.